The van der Waals surface area contributed by atoms with Crippen LogP contribution in [-0.2, 0) is 10.8 Å². The minimum atomic E-state index is -1.10. The molecule has 0 amide bonds. The van der Waals surface area contributed by atoms with Crippen LogP contribution in [0.5, 0.6) is 0 Å². The van der Waals surface area contributed by atoms with Crippen LogP contribution in [0.15, 0.2) is 35.2 Å². The van der Waals surface area contributed by atoms with Crippen molar-refractivity contribution < 1.29 is 9.32 Å². The average Bonchev–Trinajstić information content (AvgIpc) is 2.83. The van der Waals surface area contributed by atoms with E-state index in [1.165, 1.54) is 0 Å². The van der Waals surface area contributed by atoms with Crippen molar-refractivity contribution >= 4 is 10.8 Å². The zero-order valence-corrected chi connectivity index (χ0v) is 9.95. The first-order valence-corrected chi connectivity index (χ1v) is 6.94. The Hall–Kier alpha value is -0.710. The largest absolute Gasteiger partial charge is 0.391 e. The van der Waals surface area contributed by atoms with Gasteiger partial charge < -0.3 is 10.4 Å². The van der Waals surface area contributed by atoms with Crippen molar-refractivity contribution in [1.82, 2.24) is 5.32 Å². The zero-order chi connectivity index (χ0) is 11.4. The van der Waals surface area contributed by atoms with Crippen molar-refractivity contribution in [2.24, 2.45) is 0 Å². The first-order valence-electron chi connectivity index (χ1n) is 5.62. The predicted octanol–water partition coefficient (Wildman–Crippen LogP) is 0.907. The minimum absolute atomic E-state index is 0.118. The third-order valence-corrected chi connectivity index (χ3v) is 4.33. The Balaban J connectivity index is 1.92. The number of aliphatic hydroxyl groups excluding tert-OH is 1. The molecule has 3 unspecified atom stereocenters. The second-order valence-electron chi connectivity index (χ2n) is 4.10. The van der Waals surface area contributed by atoms with Crippen LogP contribution in [0.4, 0.5) is 0 Å². The van der Waals surface area contributed by atoms with Gasteiger partial charge in [-0.25, -0.2) is 0 Å². The number of rotatable bonds is 4. The number of hydrogen-bond donors (Lipinski definition) is 2. The molecule has 0 aliphatic carbocycles. The van der Waals surface area contributed by atoms with E-state index in [0.717, 1.165) is 24.3 Å². The molecule has 2 rings (SSSR count). The van der Waals surface area contributed by atoms with E-state index in [1.54, 1.807) is 0 Å². The van der Waals surface area contributed by atoms with Crippen LogP contribution in [0.3, 0.4) is 0 Å². The standard InChI is InChI=1S/C12H17NO2S/c14-12(11-7-4-8-13-11)9-16(15)10-5-2-1-3-6-10/h1-3,5-6,11-14H,4,7-9H2. The fourth-order valence-electron chi connectivity index (χ4n) is 1.98. The van der Waals surface area contributed by atoms with Crippen molar-refractivity contribution in [3.63, 3.8) is 0 Å². The molecule has 16 heavy (non-hydrogen) atoms. The van der Waals surface area contributed by atoms with E-state index in [1.807, 2.05) is 30.3 Å². The van der Waals surface area contributed by atoms with Gasteiger partial charge in [-0.15, -0.1) is 0 Å². The maximum atomic E-state index is 11.9. The number of nitrogens with one attached hydrogen (secondary N) is 1. The highest BCUT2D eigenvalue weighted by molar-refractivity contribution is 7.85. The second-order valence-corrected chi connectivity index (χ2v) is 5.59. The Morgan fingerprint density at radius 2 is 2.19 bits per heavy atom. The molecule has 1 fully saturated rings. The summed E-state index contributed by atoms with van der Waals surface area (Å²) in [6.45, 7) is 0.958. The van der Waals surface area contributed by atoms with Gasteiger partial charge in [-0.2, -0.15) is 0 Å². The van der Waals surface area contributed by atoms with Crippen molar-refractivity contribution in [3.8, 4) is 0 Å². The van der Waals surface area contributed by atoms with Crippen LogP contribution in [0.1, 0.15) is 12.8 Å². The van der Waals surface area contributed by atoms with Crippen LogP contribution in [0.25, 0.3) is 0 Å². The summed E-state index contributed by atoms with van der Waals surface area (Å²) >= 11 is 0. The highest BCUT2D eigenvalue weighted by Gasteiger charge is 2.24. The van der Waals surface area contributed by atoms with Crippen LogP contribution in [0.2, 0.25) is 0 Å². The molecule has 0 bridgehead atoms. The number of hydrogen-bond acceptors (Lipinski definition) is 3. The van der Waals surface area contributed by atoms with Crippen LogP contribution in [0, 0.1) is 0 Å². The van der Waals surface area contributed by atoms with E-state index < -0.39 is 16.9 Å². The average molecular weight is 239 g/mol. The third kappa shape index (κ3) is 2.90. The molecule has 2 N–H and O–H groups in total. The second kappa shape index (κ2) is 5.57. The van der Waals surface area contributed by atoms with Gasteiger partial charge in [-0.3, -0.25) is 4.21 Å². The van der Waals surface area contributed by atoms with Crippen LogP contribution in [-0.4, -0.2) is 33.8 Å². The zero-order valence-electron chi connectivity index (χ0n) is 9.13. The molecule has 3 atom stereocenters. The van der Waals surface area contributed by atoms with Crippen molar-refractivity contribution in [2.45, 2.75) is 29.9 Å². The van der Waals surface area contributed by atoms with Gasteiger partial charge in [0.1, 0.15) is 0 Å². The molecule has 0 saturated carbocycles. The van der Waals surface area contributed by atoms with E-state index in [2.05, 4.69) is 5.32 Å². The molecule has 3 nitrogen and oxygen atoms in total. The first kappa shape index (κ1) is 11.8. The van der Waals surface area contributed by atoms with Gasteiger partial charge in [0.15, 0.2) is 0 Å². The van der Waals surface area contributed by atoms with Crippen molar-refractivity contribution in [1.29, 1.82) is 0 Å². The fourth-order valence-corrected chi connectivity index (χ4v) is 3.18. The van der Waals surface area contributed by atoms with Gasteiger partial charge in [0, 0.05) is 10.9 Å². The van der Waals surface area contributed by atoms with E-state index in [-0.39, 0.29) is 6.04 Å². The highest BCUT2D eigenvalue weighted by Crippen LogP contribution is 2.13. The van der Waals surface area contributed by atoms with Gasteiger partial charge in [-0.1, -0.05) is 18.2 Å². The summed E-state index contributed by atoms with van der Waals surface area (Å²) in [5, 5.41) is 13.2. The summed E-state index contributed by atoms with van der Waals surface area (Å²) in [5.41, 5.74) is 0. The monoisotopic (exact) mass is 239 g/mol. The lowest BCUT2D eigenvalue weighted by molar-refractivity contribution is 0.158. The maximum Gasteiger partial charge on any atom is 0.0811 e. The molecule has 1 heterocycles. The predicted molar refractivity (Wildman–Crippen MR) is 64.7 cm³/mol. The first-order chi connectivity index (χ1) is 7.77. The van der Waals surface area contributed by atoms with Crippen LogP contribution < -0.4 is 5.32 Å². The quantitative estimate of drug-likeness (QED) is 0.821. The SMILES string of the molecule is O=S(CC(O)C1CCCN1)c1ccccc1. The third-order valence-electron chi connectivity index (χ3n) is 2.89. The lowest BCUT2D eigenvalue weighted by Crippen LogP contribution is -2.38. The van der Waals surface area contributed by atoms with Gasteiger partial charge >= 0.3 is 0 Å². The molecule has 1 aromatic carbocycles. The van der Waals surface area contributed by atoms with Crippen molar-refractivity contribution in [3.05, 3.63) is 30.3 Å². The lowest BCUT2D eigenvalue weighted by atomic mass is 10.1. The Morgan fingerprint density at radius 1 is 1.44 bits per heavy atom. The lowest BCUT2D eigenvalue weighted by Gasteiger charge is -2.17. The van der Waals surface area contributed by atoms with Gasteiger partial charge in [0.2, 0.25) is 0 Å². The number of benzene rings is 1. The molecule has 1 saturated heterocycles. The smallest absolute Gasteiger partial charge is 0.0811 e. The maximum absolute atomic E-state index is 11.9. The molecule has 88 valence electrons. The van der Waals surface area contributed by atoms with E-state index >= 15 is 0 Å². The fraction of sp³-hybridized carbons (Fsp3) is 0.500. The Morgan fingerprint density at radius 3 is 2.81 bits per heavy atom. The normalized spacial score (nSPS) is 24.2. The molecule has 1 aliphatic rings. The van der Waals surface area contributed by atoms with Gasteiger partial charge in [-0.05, 0) is 31.5 Å². The van der Waals surface area contributed by atoms with Crippen LogP contribution >= 0.6 is 0 Å². The molecular formula is C12H17NO2S. The Labute approximate surface area is 98.3 Å². The van der Waals surface area contributed by atoms with Gasteiger partial charge in [0.25, 0.3) is 0 Å². The molecule has 1 aromatic rings. The Bertz CT molecular complexity index is 349. The molecule has 4 heteroatoms. The molecule has 0 radical (unpaired) electrons. The van der Waals surface area contributed by atoms with Gasteiger partial charge in [0.05, 0.1) is 22.7 Å². The summed E-state index contributed by atoms with van der Waals surface area (Å²) in [7, 11) is -1.10. The molecule has 1 aliphatic heterocycles. The minimum Gasteiger partial charge on any atom is -0.391 e. The summed E-state index contributed by atoms with van der Waals surface area (Å²) in [6.07, 6.45) is 1.57. The summed E-state index contributed by atoms with van der Waals surface area (Å²) in [4.78, 5) is 0.791. The van der Waals surface area contributed by atoms with E-state index in [4.69, 9.17) is 0 Å². The summed E-state index contributed by atoms with van der Waals surface area (Å²) in [5.74, 6) is 0.321. The van der Waals surface area contributed by atoms with E-state index in [9.17, 15) is 9.32 Å². The summed E-state index contributed by atoms with van der Waals surface area (Å²) < 4.78 is 11.9. The Kier molecular flexibility index (Phi) is 4.09. The molecular weight excluding hydrogens is 222 g/mol. The molecule has 0 aromatic heterocycles. The summed E-state index contributed by atoms with van der Waals surface area (Å²) in [6, 6.07) is 9.43. The number of aliphatic hydroxyl groups is 1. The topological polar surface area (TPSA) is 49.3 Å². The van der Waals surface area contributed by atoms with E-state index in [0.29, 0.717) is 5.75 Å². The van der Waals surface area contributed by atoms with Crippen molar-refractivity contribution in [2.75, 3.05) is 12.3 Å². The molecule has 0 spiro atoms. The highest BCUT2D eigenvalue weighted by atomic mass is 32.2.